The summed E-state index contributed by atoms with van der Waals surface area (Å²) in [5.74, 6) is 0. The van der Waals surface area contributed by atoms with Gasteiger partial charge in [-0.15, -0.1) is 10.2 Å². The highest BCUT2D eigenvalue weighted by atomic mass is 16.1. The van der Waals surface area contributed by atoms with Crippen LogP contribution in [0.25, 0.3) is 11.0 Å². The lowest BCUT2D eigenvalue weighted by Crippen LogP contribution is -2.25. The molecule has 0 aliphatic rings. The highest BCUT2D eigenvalue weighted by molar-refractivity contribution is 5.74. The molecule has 96 valence electrons. The predicted octanol–water partition coefficient (Wildman–Crippen LogP) is 0.997. The summed E-state index contributed by atoms with van der Waals surface area (Å²) in [6, 6.07) is 7.66. The number of benzene rings is 1. The smallest absolute Gasteiger partial charge is 0.272 e. The van der Waals surface area contributed by atoms with Crippen LogP contribution >= 0.6 is 0 Å². The molecule has 2 heterocycles. The number of hydrogen-bond donors (Lipinski definition) is 0. The summed E-state index contributed by atoms with van der Waals surface area (Å²) in [6.07, 6.45) is 3.28. The van der Waals surface area contributed by atoms with E-state index in [0.29, 0.717) is 18.8 Å². The fourth-order valence-electron chi connectivity index (χ4n) is 2.10. The van der Waals surface area contributed by atoms with Gasteiger partial charge >= 0.3 is 0 Å². The minimum Gasteiger partial charge on any atom is -0.318 e. The monoisotopic (exact) mass is 255 g/mol. The SMILES string of the molecule is Cc1nc2ccccc2n(CCn2cnnc2)c1=O. The highest BCUT2D eigenvalue weighted by Crippen LogP contribution is 2.09. The van der Waals surface area contributed by atoms with E-state index in [1.807, 2.05) is 28.8 Å². The van der Waals surface area contributed by atoms with Crippen LogP contribution in [-0.2, 0) is 13.1 Å². The average molecular weight is 255 g/mol. The number of para-hydroxylation sites is 2. The Labute approximate surface area is 109 Å². The Hall–Kier alpha value is -2.50. The molecule has 0 unspecified atom stereocenters. The molecule has 0 atom stereocenters. The van der Waals surface area contributed by atoms with E-state index in [4.69, 9.17) is 0 Å². The van der Waals surface area contributed by atoms with Crippen LogP contribution in [-0.4, -0.2) is 24.3 Å². The number of rotatable bonds is 3. The van der Waals surface area contributed by atoms with Crippen molar-refractivity contribution < 1.29 is 0 Å². The van der Waals surface area contributed by atoms with E-state index in [9.17, 15) is 4.79 Å². The minimum absolute atomic E-state index is 0.0493. The molecule has 2 aromatic heterocycles. The second-order valence-electron chi connectivity index (χ2n) is 4.34. The van der Waals surface area contributed by atoms with Gasteiger partial charge in [-0.05, 0) is 19.1 Å². The second-order valence-corrected chi connectivity index (χ2v) is 4.34. The largest absolute Gasteiger partial charge is 0.318 e. The van der Waals surface area contributed by atoms with Crippen LogP contribution in [0.15, 0.2) is 41.7 Å². The molecule has 19 heavy (non-hydrogen) atoms. The first kappa shape index (κ1) is 11.6. The second kappa shape index (κ2) is 4.64. The van der Waals surface area contributed by atoms with E-state index in [1.165, 1.54) is 0 Å². The molecular formula is C13H13N5O. The van der Waals surface area contributed by atoms with Gasteiger partial charge in [-0.2, -0.15) is 0 Å². The molecule has 0 amide bonds. The first-order chi connectivity index (χ1) is 9.25. The number of aryl methyl sites for hydroxylation is 3. The summed E-state index contributed by atoms with van der Waals surface area (Å²) in [5.41, 5.74) is 2.16. The first-order valence-electron chi connectivity index (χ1n) is 6.04. The molecule has 6 heteroatoms. The molecule has 0 radical (unpaired) electrons. The van der Waals surface area contributed by atoms with Crippen LogP contribution in [0.5, 0.6) is 0 Å². The van der Waals surface area contributed by atoms with Gasteiger partial charge in [0.05, 0.1) is 11.0 Å². The van der Waals surface area contributed by atoms with Crippen LogP contribution in [0, 0.1) is 6.92 Å². The van der Waals surface area contributed by atoms with Crippen LogP contribution in [0.2, 0.25) is 0 Å². The molecule has 1 aromatic carbocycles. The average Bonchev–Trinajstić information content (AvgIpc) is 2.92. The standard InChI is InChI=1S/C13H13N5O/c1-10-13(19)18(7-6-17-8-14-15-9-17)12-5-3-2-4-11(12)16-10/h2-5,8-9H,6-7H2,1H3. The zero-order valence-corrected chi connectivity index (χ0v) is 10.5. The maximum Gasteiger partial charge on any atom is 0.272 e. The van der Waals surface area contributed by atoms with E-state index in [-0.39, 0.29) is 5.56 Å². The summed E-state index contributed by atoms with van der Waals surface area (Å²) < 4.78 is 3.59. The lowest BCUT2D eigenvalue weighted by Gasteiger charge is -2.10. The third-order valence-electron chi connectivity index (χ3n) is 3.06. The zero-order valence-electron chi connectivity index (χ0n) is 10.5. The minimum atomic E-state index is -0.0493. The van der Waals surface area contributed by atoms with Crippen molar-refractivity contribution in [2.24, 2.45) is 0 Å². The summed E-state index contributed by atoms with van der Waals surface area (Å²) in [7, 11) is 0. The van der Waals surface area contributed by atoms with Gasteiger partial charge in [-0.25, -0.2) is 4.98 Å². The molecule has 0 saturated heterocycles. The third-order valence-corrected chi connectivity index (χ3v) is 3.06. The van der Waals surface area contributed by atoms with Crippen LogP contribution in [0.4, 0.5) is 0 Å². The maximum atomic E-state index is 12.2. The Morgan fingerprint density at radius 2 is 1.84 bits per heavy atom. The normalized spacial score (nSPS) is 11.0. The van der Waals surface area contributed by atoms with Gasteiger partial charge in [0.25, 0.3) is 5.56 Å². The Kier molecular flexibility index (Phi) is 2.83. The van der Waals surface area contributed by atoms with Crippen molar-refractivity contribution in [1.82, 2.24) is 24.3 Å². The van der Waals surface area contributed by atoms with Crippen LogP contribution < -0.4 is 5.56 Å². The third kappa shape index (κ3) is 2.12. The van der Waals surface area contributed by atoms with Crippen molar-refractivity contribution in [3.63, 3.8) is 0 Å². The number of fused-ring (bicyclic) bond motifs is 1. The van der Waals surface area contributed by atoms with Gasteiger partial charge in [-0.3, -0.25) is 4.79 Å². The highest BCUT2D eigenvalue weighted by Gasteiger charge is 2.07. The van der Waals surface area contributed by atoms with E-state index in [1.54, 1.807) is 24.1 Å². The van der Waals surface area contributed by atoms with E-state index < -0.39 is 0 Å². The zero-order chi connectivity index (χ0) is 13.2. The van der Waals surface area contributed by atoms with Crippen LogP contribution in [0.1, 0.15) is 5.69 Å². The van der Waals surface area contributed by atoms with Gasteiger partial charge < -0.3 is 9.13 Å². The maximum absolute atomic E-state index is 12.2. The molecule has 0 fully saturated rings. The number of hydrogen-bond acceptors (Lipinski definition) is 4. The Balaban J connectivity index is 2.06. The lowest BCUT2D eigenvalue weighted by atomic mass is 10.3. The molecule has 0 saturated carbocycles. The van der Waals surface area contributed by atoms with Gasteiger partial charge in [0.1, 0.15) is 18.3 Å². The van der Waals surface area contributed by atoms with E-state index in [0.717, 1.165) is 11.0 Å². The van der Waals surface area contributed by atoms with Crippen molar-refractivity contribution in [2.75, 3.05) is 0 Å². The van der Waals surface area contributed by atoms with Crippen molar-refractivity contribution >= 4 is 11.0 Å². The van der Waals surface area contributed by atoms with Crippen molar-refractivity contribution in [3.05, 3.63) is 53.0 Å². The summed E-state index contributed by atoms with van der Waals surface area (Å²) >= 11 is 0. The Morgan fingerprint density at radius 1 is 1.11 bits per heavy atom. The topological polar surface area (TPSA) is 65.6 Å². The molecule has 3 rings (SSSR count). The number of nitrogens with zero attached hydrogens (tertiary/aromatic N) is 5. The summed E-state index contributed by atoms with van der Waals surface area (Å²) in [4.78, 5) is 16.5. The van der Waals surface area contributed by atoms with Crippen LogP contribution in [0.3, 0.4) is 0 Å². The summed E-state index contributed by atoms with van der Waals surface area (Å²) in [5, 5.41) is 7.50. The Bertz CT molecular complexity index is 760. The molecule has 6 nitrogen and oxygen atoms in total. The van der Waals surface area contributed by atoms with Crippen molar-refractivity contribution in [2.45, 2.75) is 20.0 Å². The van der Waals surface area contributed by atoms with Gasteiger partial charge in [0, 0.05) is 13.1 Å². The van der Waals surface area contributed by atoms with Crippen molar-refractivity contribution in [3.8, 4) is 0 Å². The van der Waals surface area contributed by atoms with Gasteiger partial charge in [0.2, 0.25) is 0 Å². The van der Waals surface area contributed by atoms with Gasteiger partial charge in [0.15, 0.2) is 0 Å². The molecule has 0 N–H and O–H groups in total. The van der Waals surface area contributed by atoms with E-state index >= 15 is 0 Å². The molecule has 3 aromatic rings. The predicted molar refractivity (Wildman–Crippen MR) is 70.8 cm³/mol. The molecule has 0 bridgehead atoms. The van der Waals surface area contributed by atoms with E-state index in [2.05, 4.69) is 15.2 Å². The molecule has 0 aliphatic carbocycles. The fourth-order valence-corrected chi connectivity index (χ4v) is 2.10. The lowest BCUT2D eigenvalue weighted by molar-refractivity contribution is 0.574. The molecular weight excluding hydrogens is 242 g/mol. The molecule has 0 aliphatic heterocycles. The summed E-state index contributed by atoms with van der Waals surface area (Å²) in [6.45, 7) is 2.96. The quantitative estimate of drug-likeness (QED) is 0.700. The van der Waals surface area contributed by atoms with Gasteiger partial charge in [-0.1, -0.05) is 12.1 Å². The first-order valence-corrected chi connectivity index (χ1v) is 6.04. The Morgan fingerprint density at radius 3 is 2.63 bits per heavy atom. The molecule has 0 spiro atoms. The fraction of sp³-hybridized carbons (Fsp3) is 0.231. The number of aromatic nitrogens is 5. The van der Waals surface area contributed by atoms with Crippen molar-refractivity contribution in [1.29, 1.82) is 0 Å².